The van der Waals surface area contributed by atoms with Gasteiger partial charge in [0.15, 0.2) is 11.6 Å². The molecule has 0 fully saturated rings. The molecular formula is C18H12N2O2. The Balaban J connectivity index is 0.000000202. The minimum absolute atomic E-state index is 0.0641. The second kappa shape index (κ2) is 6.10. The quantitative estimate of drug-likeness (QED) is 0.499. The monoisotopic (exact) mass is 288 g/mol. The van der Waals surface area contributed by atoms with Gasteiger partial charge in [-0.1, -0.05) is 48.5 Å². The van der Waals surface area contributed by atoms with Crippen molar-refractivity contribution in [2.24, 2.45) is 0 Å². The molecule has 1 heterocycles. The maximum atomic E-state index is 12.1. The van der Waals surface area contributed by atoms with Gasteiger partial charge in [0.25, 0.3) is 0 Å². The normalized spacial score (nSPS) is 11.8. The van der Waals surface area contributed by atoms with Gasteiger partial charge < -0.3 is 0 Å². The van der Waals surface area contributed by atoms with E-state index in [9.17, 15) is 9.59 Å². The lowest BCUT2D eigenvalue weighted by Gasteiger charge is -2.16. The van der Waals surface area contributed by atoms with Crippen LogP contribution in [-0.4, -0.2) is 21.5 Å². The van der Waals surface area contributed by atoms with Gasteiger partial charge in [0.1, 0.15) is 0 Å². The van der Waals surface area contributed by atoms with E-state index < -0.39 is 0 Å². The molecule has 1 aliphatic carbocycles. The molecule has 4 rings (SSSR count). The summed E-state index contributed by atoms with van der Waals surface area (Å²) in [7, 11) is 0. The van der Waals surface area contributed by atoms with Gasteiger partial charge in [0.05, 0.1) is 0 Å². The van der Waals surface area contributed by atoms with Crippen LogP contribution in [0.15, 0.2) is 73.3 Å². The zero-order valence-corrected chi connectivity index (χ0v) is 11.6. The van der Waals surface area contributed by atoms with Crippen molar-refractivity contribution in [3.05, 3.63) is 95.6 Å². The van der Waals surface area contributed by atoms with Crippen molar-refractivity contribution in [1.82, 2.24) is 9.97 Å². The molecule has 4 nitrogen and oxygen atoms in total. The van der Waals surface area contributed by atoms with Gasteiger partial charge in [0.2, 0.25) is 0 Å². The molecule has 0 unspecified atom stereocenters. The summed E-state index contributed by atoms with van der Waals surface area (Å²) in [5.41, 5.74) is 2.02. The van der Waals surface area contributed by atoms with Gasteiger partial charge in [-0.15, -0.1) is 0 Å². The molecule has 0 bridgehead atoms. The first-order valence-electron chi connectivity index (χ1n) is 6.76. The third kappa shape index (κ3) is 2.54. The van der Waals surface area contributed by atoms with Crippen molar-refractivity contribution in [3.8, 4) is 0 Å². The minimum Gasteiger partial charge on any atom is -0.289 e. The van der Waals surface area contributed by atoms with E-state index in [4.69, 9.17) is 0 Å². The molecule has 0 N–H and O–H groups in total. The molecule has 0 saturated heterocycles. The molecule has 0 amide bonds. The zero-order valence-electron chi connectivity index (χ0n) is 11.6. The number of carbonyl (C=O) groups excluding carboxylic acids is 2. The van der Waals surface area contributed by atoms with Crippen molar-refractivity contribution < 1.29 is 9.59 Å². The van der Waals surface area contributed by atoms with E-state index in [-0.39, 0.29) is 11.6 Å². The second-order valence-electron chi connectivity index (χ2n) is 4.64. The summed E-state index contributed by atoms with van der Waals surface area (Å²) in [6.45, 7) is 0. The Hall–Kier alpha value is -3.14. The van der Waals surface area contributed by atoms with Crippen LogP contribution in [0.5, 0.6) is 0 Å². The number of benzene rings is 2. The van der Waals surface area contributed by atoms with E-state index in [1.165, 1.54) is 0 Å². The molecule has 4 heteroatoms. The number of nitrogens with zero attached hydrogens (tertiary/aromatic N) is 2. The average molecular weight is 288 g/mol. The van der Waals surface area contributed by atoms with Crippen LogP contribution in [0.25, 0.3) is 0 Å². The molecule has 0 atom stereocenters. The summed E-state index contributed by atoms with van der Waals surface area (Å²) >= 11 is 0. The Bertz CT molecular complexity index is 697. The highest BCUT2D eigenvalue weighted by molar-refractivity contribution is 6.28. The van der Waals surface area contributed by atoms with Gasteiger partial charge >= 0.3 is 0 Å². The molecule has 3 aromatic rings. The number of fused-ring (bicyclic) bond motifs is 2. The Morgan fingerprint density at radius 3 is 1.00 bits per heavy atom. The summed E-state index contributed by atoms with van der Waals surface area (Å²) in [6, 6.07) is 13.9. The maximum Gasteiger partial charge on any atom is 0.194 e. The highest BCUT2D eigenvalue weighted by atomic mass is 16.1. The Morgan fingerprint density at radius 1 is 0.500 bits per heavy atom. The molecule has 2 aromatic carbocycles. The molecule has 106 valence electrons. The summed E-state index contributed by atoms with van der Waals surface area (Å²) < 4.78 is 0. The number of aromatic nitrogens is 2. The molecule has 1 aliphatic rings. The van der Waals surface area contributed by atoms with Gasteiger partial charge in [-0.2, -0.15) is 0 Å². The summed E-state index contributed by atoms with van der Waals surface area (Å²) in [5, 5.41) is 0. The number of carbonyl (C=O) groups is 2. The summed E-state index contributed by atoms with van der Waals surface area (Å²) in [5.74, 6) is -0.128. The van der Waals surface area contributed by atoms with E-state index in [0.717, 1.165) is 0 Å². The van der Waals surface area contributed by atoms with Crippen LogP contribution in [0.3, 0.4) is 0 Å². The van der Waals surface area contributed by atoms with Crippen LogP contribution in [0.1, 0.15) is 31.8 Å². The van der Waals surface area contributed by atoms with E-state index in [2.05, 4.69) is 9.97 Å². The lowest BCUT2D eigenvalue weighted by atomic mass is 9.84. The molecule has 0 saturated carbocycles. The van der Waals surface area contributed by atoms with Crippen LogP contribution >= 0.6 is 0 Å². The van der Waals surface area contributed by atoms with E-state index in [1.807, 2.05) is 0 Å². The number of hydrogen-bond donors (Lipinski definition) is 0. The third-order valence-electron chi connectivity index (χ3n) is 3.31. The topological polar surface area (TPSA) is 59.9 Å². The van der Waals surface area contributed by atoms with Crippen molar-refractivity contribution in [2.45, 2.75) is 0 Å². The van der Waals surface area contributed by atoms with E-state index in [0.29, 0.717) is 22.3 Å². The van der Waals surface area contributed by atoms with Crippen LogP contribution in [0.2, 0.25) is 0 Å². The minimum atomic E-state index is -0.0641. The molecule has 0 aliphatic heterocycles. The molecule has 0 radical (unpaired) electrons. The summed E-state index contributed by atoms with van der Waals surface area (Å²) in [4.78, 5) is 31.6. The highest BCUT2D eigenvalue weighted by Gasteiger charge is 2.28. The Labute approximate surface area is 127 Å². The number of hydrogen-bond acceptors (Lipinski definition) is 4. The maximum absolute atomic E-state index is 12.1. The predicted molar refractivity (Wildman–Crippen MR) is 81.8 cm³/mol. The predicted octanol–water partition coefficient (Wildman–Crippen LogP) is 2.94. The average Bonchev–Trinajstić information content (AvgIpc) is 2.62. The van der Waals surface area contributed by atoms with Gasteiger partial charge in [-0.25, -0.2) is 0 Å². The third-order valence-corrected chi connectivity index (χ3v) is 3.31. The molecular weight excluding hydrogens is 276 g/mol. The van der Waals surface area contributed by atoms with Crippen LogP contribution in [-0.2, 0) is 0 Å². The SMILES string of the molecule is O=C1c2ccccc2C(=O)c2ccccc21.c1cnccn1. The molecule has 1 aromatic heterocycles. The first kappa shape index (κ1) is 13.8. The molecule has 22 heavy (non-hydrogen) atoms. The highest BCUT2D eigenvalue weighted by Crippen LogP contribution is 2.26. The first-order valence-corrected chi connectivity index (χ1v) is 6.76. The lowest BCUT2D eigenvalue weighted by Crippen LogP contribution is -2.20. The number of ketones is 2. The Morgan fingerprint density at radius 2 is 0.773 bits per heavy atom. The lowest BCUT2D eigenvalue weighted by molar-refractivity contribution is 0.0979. The van der Waals surface area contributed by atoms with Crippen molar-refractivity contribution in [3.63, 3.8) is 0 Å². The second-order valence-corrected chi connectivity index (χ2v) is 4.64. The van der Waals surface area contributed by atoms with Gasteiger partial charge in [0, 0.05) is 47.0 Å². The van der Waals surface area contributed by atoms with Crippen LogP contribution in [0, 0.1) is 0 Å². The zero-order chi connectivity index (χ0) is 15.4. The largest absolute Gasteiger partial charge is 0.289 e. The number of rotatable bonds is 0. The summed E-state index contributed by atoms with van der Waals surface area (Å²) in [6.07, 6.45) is 6.56. The molecule has 0 spiro atoms. The van der Waals surface area contributed by atoms with E-state index >= 15 is 0 Å². The van der Waals surface area contributed by atoms with Crippen LogP contribution < -0.4 is 0 Å². The Kier molecular flexibility index (Phi) is 3.83. The fraction of sp³-hybridized carbons (Fsp3) is 0. The van der Waals surface area contributed by atoms with E-state index in [1.54, 1.807) is 73.3 Å². The fourth-order valence-electron chi connectivity index (χ4n) is 2.30. The smallest absolute Gasteiger partial charge is 0.194 e. The fourth-order valence-corrected chi connectivity index (χ4v) is 2.30. The standard InChI is InChI=1S/C14H8O2.C4H4N2/c15-13-9-5-1-2-6-10(9)14(16)12-8-4-3-7-11(12)13;1-2-6-4-3-5-1/h1-8H;1-4H. The first-order chi connectivity index (χ1) is 10.8. The van der Waals surface area contributed by atoms with Crippen molar-refractivity contribution in [1.29, 1.82) is 0 Å². The van der Waals surface area contributed by atoms with Gasteiger partial charge in [-0.3, -0.25) is 19.6 Å². The van der Waals surface area contributed by atoms with Crippen molar-refractivity contribution in [2.75, 3.05) is 0 Å². The van der Waals surface area contributed by atoms with Gasteiger partial charge in [-0.05, 0) is 0 Å². The van der Waals surface area contributed by atoms with Crippen molar-refractivity contribution >= 4 is 11.6 Å². The van der Waals surface area contributed by atoms with Crippen LogP contribution in [0.4, 0.5) is 0 Å².